The summed E-state index contributed by atoms with van der Waals surface area (Å²) in [6.45, 7) is 6.72. The third-order valence-electron chi connectivity index (χ3n) is 3.82. The summed E-state index contributed by atoms with van der Waals surface area (Å²) in [5.74, 6) is 0.333. The fourth-order valence-corrected chi connectivity index (χ4v) is 6.15. The topological polar surface area (TPSA) is 37.4 Å². The third-order valence-corrected chi connectivity index (χ3v) is 7.55. The van der Waals surface area contributed by atoms with Crippen LogP contribution in [0.5, 0.6) is 0 Å². The van der Waals surface area contributed by atoms with Crippen molar-refractivity contribution >= 4 is 41.9 Å². The number of halogens is 2. The molecule has 2 rings (SSSR count). The van der Waals surface area contributed by atoms with Crippen molar-refractivity contribution in [2.24, 2.45) is 5.92 Å². The first-order valence-corrected chi connectivity index (χ1v) is 9.75. The van der Waals surface area contributed by atoms with Crippen LogP contribution >= 0.6 is 31.9 Å². The van der Waals surface area contributed by atoms with Crippen molar-refractivity contribution in [2.45, 2.75) is 44.6 Å². The fraction of sp³-hybridized carbons (Fsp3) is 0.571. The quantitative estimate of drug-likeness (QED) is 0.723. The van der Waals surface area contributed by atoms with Crippen LogP contribution in [-0.2, 0) is 10.0 Å². The van der Waals surface area contributed by atoms with Crippen molar-refractivity contribution in [1.82, 2.24) is 4.31 Å². The van der Waals surface area contributed by atoms with Gasteiger partial charge >= 0.3 is 0 Å². The number of rotatable bonds is 3. The maximum atomic E-state index is 12.9. The van der Waals surface area contributed by atoms with Crippen LogP contribution in [0.15, 0.2) is 26.0 Å². The second-order valence-electron chi connectivity index (χ2n) is 5.60. The van der Waals surface area contributed by atoms with E-state index < -0.39 is 10.0 Å². The third kappa shape index (κ3) is 2.98. The van der Waals surface area contributed by atoms with Crippen LogP contribution in [0.25, 0.3) is 0 Å². The summed E-state index contributed by atoms with van der Waals surface area (Å²) in [7, 11) is -3.45. The van der Waals surface area contributed by atoms with Gasteiger partial charge in [0.05, 0.1) is 4.90 Å². The number of hydrogen-bond donors (Lipinski definition) is 0. The maximum Gasteiger partial charge on any atom is 0.244 e. The molecule has 1 saturated heterocycles. The van der Waals surface area contributed by atoms with Crippen LogP contribution in [0, 0.1) is 12.8 Å². The number of sulfonamides is 1. The second-order valence-corrected chi connectivity index (χ2v) is 9.17. The number of nitrogens with zero attached hydrogens (tertiary/aromatic N) is 1. The summed E-state index contributed by atoms with van der Waals surface area (Å²) in [5.41, 5.74) is 1.01. The molecule has 1 atom stereocenters. The molecule has 1 heterocycles. The lowest BCUT2D eigenvalue weighted by atomic mass is 10.0. The molecule has 0 bridgehead atoms. The predicted octanol–water partition coefficient (Wildman–Crippen LogP) is 4.33. The fourth-order valence-electron chi connectivity index (χ4n) is 2.68. The normalized spacial score (nSPS) is 20.8. The molecule has 0 radical (unpaired) electrons. The van der Waals surface area contributed by atoms with Gasteiger partial charge in [-0.2, -0.15) is 4.31 Å². The van der Waals surface area contributed by atoms with Gasteiger partial charge in [0, 0.05) is 21.5 Å². The second kappa shape index (κ2) is 6.07. The molecule has 3 nitrogen and oxygen atoms in total. The first-order valence-electron chi connectivity index (χ1n) is 6.72. The van der Waals surface area contributed by atoms with E-state index in [0.717, 1.165) is 22.9 Å². The monoisotopic (exact) mass is 423 g/mol. The Balaban J connectivity index is 2.48. The van der Waals surface area contributed by atoms with E-state index in [0.29, 0.717) is 21.8 Å². The highest BCUT2D eigenvalue weighted by Gasteiger charge is 2.37. The van der Waals surface area contributed by atoms with E-state index in [1.54, 1.807) is 10.4 Å². The maximum absolute atomic E-state index is 12.9. The smallest absolute Gasteiger partial charge is 0.207 e. The van der Waals surface area contributed by atoms with Gasteiger partial charge in [0.1, 0.15) is 0 Å². The Hall–Kier alpha value is 0.0900. The summed E-state index contributed by atoms with van der Waals surface area (Å²) in [6, 6.07) is 3.65. The van der Waals surface area contributed by atoms with Crippen molar-refractivity contribution in [3.8, 4) is 0 Å². The molecule has 20 heavy (non-hydrogen) atoms. The largest absolute Gasteiger partial charge is 0.244 e. The van der Waals surface area contributed by atoms with Crippen molar-refractivity contribution in [3.63, 3.8) is 0 Å². The standard InChI is InChI=1S/C14H19Br2NO2S/c1-9(2)13-5-4-6-17(13)20(18,19)14-8-11(15)10(3)7-12(14)16/h7-9,13H,4-6H2,1-3H3. The van der Waals surface area contributed by atoms with Gasteiger partial charge in [0.2, 0.25) is 10.0 Å². The Kier molecular flexibility index (Phi) is 4.99. The Bertz CT molecular complexity index is 614. The highest BCUT2D eigenvalue weighted by atomic mass is 79.9. The summed E-state index contributed by atoms with van der Waals surface area (Å²) in [5, 5.41) is 0. The minimum Gasteiger partial charge on any atom is -0.207 e. The summed E-state index contributed by atoms with van der Waals surface area (Å²) >= 11 is 6.82. The molecule has 1 fully saturated rings. The van der Waals surface area contributed by atoms with E-state index in [2.05, 4.69) is 45.7 Å². The minimum atomic E-state index is -3.45. The highest BCUT2D eigenvalue weighted by molar-refractivity contribution is 9.11. The molecule has 0 amide bonds. The molecule has 0 aliphatic carbocycles. The average Bonchev–Trinajstić information content (AvgIpc) is 2.83. The number of benzene rings is 1. The van der Waals surface area contributed by atoms with Crippen molar-refractivity contribution in [2.75, 3.05) is 6.54 Å². The molecule has 112 valence electrons. The van der Waals surface area contributed by atoms with Crippen LogP contribution in [0.1, 0.15) is 32.3 Å². The van der Waals surface area contributed by atoms with Gasteiger partial charge in [-0.1, -0.05) is 29.8 Å². The van der Waals surface area contributed by atoms with E-state index in [-0.39, 0.29) is 6.04 Å². The molecule has 1 aliphatic rings. The lowest BCUT2D eigenvalue weighted by Crippen LogP contribution is -2.38. The van der Waals surface area contributed by atoms with Crippen molar-refractivity contribution in [1.29, 1.82) is 0 Å². The van der Waals surface area contributed by atoms with Crippen LogP contribution in [0.2, 0.25) is 0 Å². The van der Waals surface area contributed by atoms with E-state index in [9.17, 15) is 8.42 Å². The molecule has 0 saturated carbocycles. The van der Waals surface area contributed by atoms with Crippen LogP contribution < -0.4 is 0 Å². The van der Waals surface area contributed by atoms with E-state index in [4.69, 9.17) is 0 Å². The first kappa shape index (κ1) is 16.5. The van der Waals surface area contributed by atoms with Gasteiger partial charge in [-0.3, -0.25) is 0 Å². The summed E-state index contributed by atoms with van der Waals surface area (Å²) in [6.07, 6.45) is 1.88. The molecule has 1 unspecified atom stereocenters. The summed E-state index contributed by atoms with van der Waals surface area (Å²) in [4.78, 5) is 0.350. The zero-order valence-corrected chi connectivity index (χ0v) is 15.8. The minimum absolute atomic E-state index is 0.104. The highest BCUT2D eigenvalue weighted by Crippen LogP contribution is 2.35. The molecule has 0 spiro atoms. The molecule has 0 N–H and O–H groups in total. The van der Waals surface area contributed by atoms with Gasteiger partial charge in [0.25, 0.3) is 0 Å². The lowest BCUT2D eigenvalue weighted by Gasteiger charge is -2.27. The Morgan fingerprint density at radius 3 is 2.50 bits per heavy atom. The van der Waals surface area contributed by atoms with E-state index in [1.807, 2.05) is 13.0 Å². The van der Waals surface area contributed by atoms with Gasteiger partial charge in [-0.05, 0) is 59.3 Å². The lowest BCUT2D eigenvalue weighted by molar-refractivity contribution is 0.315. The van der Waals surface area contributed by atoms with Crippen LogP contribution in [0.3, 0.4) is 0 Å². The van der Waals surface area contributed by atoms with Crippen LogP contribution in [-0.4, -0.2) is 25.3 Å². The molecular weight excluding hydrogens is 406 g/mol. The SMILES string of the molecule is Cc1cc(Br)c(S(=O)(=O)N2CCCC2C(C)C)cc1Br. The van der Waals surface area contributed by atoms with Gasteiger partial charge < -0.3 is 0 Å². The van der Waals surface area contributed by atoms with Gasteiger partial charge in [-0.15, -0.1) is 0 Å². The molecule has 1 aliphatic heterocycles. The molecule has 1 aromatic rings. The van der Waals surface area contributed by atoms with Crippen molar-refractivity contribution in [3.05, 3.63) is 26.6 Å². The van der Waals surface area contributed by atoms with Crippen LogP contribution in [0.4, 0.5) is 0 Å². The van der Waals surface area contributed by atoms with E-state index in [1.165, 1.54) is 0 Å². The zero-order chi connectivity index (χ0) is 15.1. The number of hydrogen-bond acceptors (Lipinski definition) is 2. The van der Waals surface area contributed by atoms with E-state index >= 15 is 0 Å². The Labute approximate surface area is 138 Å². The number of aryl methyl sites for hydroxylation is 1. The zero-order valence-electron chi connectivity index (χ0n) is 11.9. The van der Waals surface area contributed by atoms with Gasteiger partial charge in [-0.25, -0.2) is 8.42 Å². The Morgan fingerprint density at radius 1 is 1.25 bits per heavy atom. The average molecular weight is 425 g/mol. The molecule has 1 aromatic carbocycles. The predicted molar refractivity (Wildman–Crippen MR) is 88.3 cm³/mol. The molecule has 0 aromatic heterocycles. The Morgan fingerprint density at radius 2 is 1.90 bits per heavy atom. The van der Waals surface area contributed by atoms with Gasteiger partial charge in [0.15, 0.2) is 0 Å². The molecular formula is C14H19Br2NO2S. The summed E-state index contributed by atoms with van der Waals surface area (Å²) < 4.78 is 28.9. The van der Waals surface area contributed by atoms with Crippen molar-refractivity contribution < 1.29 is 8.42 Å². The first-order chi connectivity index (χ1) is 9.25. The molecule has 6 heteroatoms.